The molecule has 7 nitrogen and oxygen atoms in total. The van der Waals surface area contributed by atoms with Crippen LogP contribution >= 0.6 is 0 Å². The van der Waals surface area contributed by atoms with Crippen LogP contribution in [-0.2, 0) is 15.9 Å². The molecule has 0 aliphatic carbocycles. The van der Waals surface area contributed by atoms with Crippen LogP contribution < -0.4 is 9.80 Å². The van der Waals surface area contributed by atoms with E-state index >= 15 is 0 Å². The Labute approximate surface area is 157 Å². The van der Waals surface area contributed by atoms with Gasteiger partial charge < -0.3 is 19.3 Å². The third-order valence-corrected chi connectivity index (χ3v) is 5.67. The number of aromatic nitrogens is 2. The Morgan fingerprint density at radius 1 is 1.04 bits per heavy atom. The molecule has 0 bridgehead atoms. The molecule has 5 rings (SSSR count). The summed E-state index contributed by atoms with van der Waals surface area (Å²) in [4.78, 5) is 25.6. The van der Waals surface area contributed by atoms with Crippen LogP contribution in [0.15, 0.2) is 36.7 Å². The van der Waals surface area contributed by atoms with E-state index in [1.807, 2.05) is 23.1 Å². The molecule has 1 aromatic carbocycles. The van der Waals surface area contributed by atoms with Gasteiger partial charge in [0.1, 0.15) is 17.8 Å². The van der Waals surface area contributed by atoms with Crippen molar-refractivity contribution in [3.63, 3.8) is 0 Å². The highest BCUT2D eigenvalue weighted by molar-refractivity contribution is 6.06. The molecule has 0 saturated carbocycles. The van der Waals surface area contributed by atoms with E-state index in [0.717, 1.165) is 43.9 Å². The Kier molecular flexibility index (Phi) is 4.06. The van der Waals surface area contributed by atoms with Crippen molar-refractivity contribution in [2.75, 3.05) is 42.6 Å². The lowest BCUT2D eigenvalue weighted by Crippen LogP contribution is -2.45. The van der Waals surface area contributed by atoms with Gasteiger partial charge in [-0.3, -0.25) is 4.79 Å². The number of para-hydroxylation sites is 1. The molecular formula is C20H22N4O3. The molecule has 1 aromatic heterocycles. The lowest BCUT2D eigenvalue weighted by atomic mass is 10.0. The Morgan fingerprint density at radius 3 is 2.63 bits per heavy atom. The number of hydrogen-bond donors (Lipinski definition) is 0. The second-order valence-corrected chi connectivity index (χ2v) is 7.19. The minimum Gasteiger partial charge on any atom is -0.356 e. The SMILES string of the molecule is O=C(c1cc(N2CCC3(CC2)OCCO3)ncn1)N1CCc2ccccc21. The van der Waals surface area contributed by atoms with Gasteiger partial charge in [0.2, 0.25) is 0 Å². The predicted octanol–water partition coefficient (Wildman–Crippen LogP) is 2.02. The average molecular weight is 366 g/mol. The summed E-state index contributed by atoms with van der Waals surface area (Å²) >= 11 is 0. The van der Waals surface area contributed by atoms with E-state index in [9.17, 15) is 4.79 Å². The largest absolute Gasteiger partial charge is 0.356 e. The molecule has 140 valence electrons. The molecule has 0 radical (unpaired) electrons. The quantitative estimate of drug-likeness (QED) is 0.810. The highest BCUT2D eigenvalue weighted by Crippen LogP contribution is 2.33. The van der Waals surface area contributed by atoms with Gasteiger partial charge in [0.15, 0.2) is 5.79 Å². The predicted molar refractivity (Wildman–Crippen MR) is 99.9 cm³/mol. The molecule has 3 aliphatic heterocycles. The number of hydrogen-bond acceptors (Lipinski definition) is 6. The Morgan fingerprint density at radius 2 is 1.81 bits per heavy atom. The zero-order valence-corrected chi connectivity index (χ0v) is 15.1. The number of rotatable bonds is 2. The standard InChI is InChI=1S/C20H22N4O3/c25-19(24-8-5-15-3-1-2-4-17(15)24)16-13-18(22-14-21-16)23-9-6-20(7-10-23)26-11-12-27-20/h1-4,13-14H,5-12H2. The molecule has 0 N–H and O–H groups in total. The number of anilines is 2. The van der Waals surface area contributed by atoms with Crippen LogP contribution in [0.4, 0.5) is 11.5 Å². The topological polar surface area (TPSA) is 67.8 Å². The summed E-state index contributed by atoms with van der Waals surface area (Å²) in [6.07, 6.45) is 3.98. The smallest absolute Gasteiger partial charge is 0.277 e. The summed E-state index contributed by atoms with van der Waals surface area (Å²) in [6, 6.07) is 9.85. The summed E-state index contributed by atoms with van der Waals surface area (Å²) in [5, 5.41) is 0. The molecule has 2 saturated heterocycles. The first-order valence-corrected chi connectivity index (χ1v) is 9.49. The van der Waals surface area contributed by atoms with Gasteiger partial charge in [-0.05, 0) is 18.1 Å². The van der Waals surface area contributed by atoms with E-state index in [1.165, 1.54) is 11.9 Å². The molecule has 3 aliphatic rings. The molecule has 0 atom stereocenters. The number of fused-ring (bicyclic) bond motifs is 1. The Balaban J connectivity index is 1.33. The van der Waals surface area contributed by atoms with Crippen molar-refractivity contribution in [3.8, 4) is 0 Å². The van der Waals surface area contributed by atoms with Gasteiger partial charge in [-0.15, -0.1) is 0 Å². The van der Waals surface area contributed by atoms with Crippen molar-refractivity contribution >= 4 is 17.4 Å². The summed E-state index contributed by atoms with van der Waals surface area (Å²) < 4.78 is 11.6. The minimum atomic E-state index is -0.415. The summed E-state index contributed by atoms with van der Waals surface area (Å²) in [5.74, 6) is 0.301. The molecule has 2 aromatic rings. The van der Waals surface area contributed by atoms with Gasteiger partial charge in [-0.25, -0.2) is 9.97 Å². The number of piperidine rings is 1. The normalized spacial score (nSPS) is 20.9. The maximum atomic E-state index is 13.0. The van der Waals surface area contributed by atoms with Crippen molar-refractivity contribution in [3.05, 3.63) is 47.9 Å². The number of amides is 1. The number of carbonyl (C=O) groups excluding carboxylic acids is 1. The van der Waals surface area contributed by atoms with Crippen LogP contribution in [0, 0.1) is 0 Å². The fourth-order valence-electron chi connectivity index (χ4n) is 4.19. The van der Waals surface area contributed by atoms with Crippen LogP contribution in [0.1, 0.15) is 28.9 Å². The van der Waals surface area contributed by atoms with E-state index in [-0.39, 0.29) is 5.91 Å². The first kappa shape index (κ1) is 16.6. The van der Waals surface area contributed by atoms with Gasteiger partial charge in [0.25, 0.3) is 5.91 Å². The first-order valence-electron chi connectivity index (χ1n) is 9.49. The molecule has 1 amide bonds. The zero-order chi connectivity index (χ0) is 18.3. The highest BCUT2D eigenvalue weighted by Gasteiger charge is 2.40. The van der Waals surface area contributed by atoms with Crippen LogP contribution in [-0.4, -0.2) is 54.5 Å². The van der Waals surface area contributed by atoms with E-state index in [0.29, 0.717) is 25.5 Å². The van der Waals surface area contributed by atoms with E-state index in [4.69, 9.17) is 9.47 Å². The first-order chi connectivity index (χ1) is 13.2. The molecule has 7 heteroatoms. The zero-order valence-electron chi connectivity index (χ0n) is 15.1. The maximum absolute atomic E-state index is 13.0. The van der Waals surface area contributed by atoms with Crippen LogP contribution in [0.2, 0.25) is 0 Å². The minimum absolute atomic E-state index is 0.0699. The lowest BCUT2D eigenvalue weighted by Gasteiger charge is -2.38. The second kappa shape index (κ2) is 6.58. The molecule has 4 heterocycles. The number of nitrogens with zero attached hydrogens (tertiary/aromatic N) is 4. The summed E-state index contributed by atoms with van der Waals surface area (Å²) in [6.45, 7) is 3.61. The molecule has 1 spiro atoms. The van der Waals surface area contributed by atoms with Crippen LogP contribution in [0.3, 0.4) is 0 Å². The van der Waals surface area contributed by atoms with E-state index in [2.05, 4.69) is 20.9 Å². The number of carbonyl (C=O) groups is 1. The van der Waals surface area contributed by atoms with Gasteiger partial charge in [-0.2, -0.15) is 0 Å². The Hall–Kier alpha value is -2.51. The lowest BCUT2D eigenvalue weighted by molar-refractivity contribution is -0.169. The van der Waals surface area contributed by atoms with Gasteiger partial charge in [0, 0.05) is 44.2 Å². The molecule has 27 heavy (non-hydrogen) atoms. The van der Waals surface area contributed by atoms with Gasteiger partial charge in [-0.1, -0.05) is 18.2 Å². The van der Waals surface area contributed by atoms with Crippen LogP contribution in [0.5, 0.6) is 0 Å². The highest BCUT2D eigenvalue weighted by atomic mass is 16.7. The third-order valence-electron chi connectivity index (χ3n) is 5.67. The average Bonchev–Trinajstić information content (AvgIpc) is 3.35. The second-order valence-electron chi connectivity index (χ2n) is 7.19. The fourth-order valence-corrected chi connectivity index (χ4v) is 4.19. The van der Waals surface area contributed by atoms with Crippen molar-refractivity contribution < 1.29 is 14.3 Å². The number of benzene rings is 1. The number of ether oxygens (including phenoxy) is 2. The Bertz CT molecular complexity index is 856. The van der Waals surface area contributed by atoms with E-state index < -0.39 is 5.79 Å². The molecule has 2 fully saturated rings. The molecule has 0 unspecified atom stereocenters. The maximum Gasteiger partial charge on any atom is 0.277 e. The summed E-state index contributed by atoms with van der Waals surface area (Å²) in [5.41, 5.74) is 2.63. The van der Waals surface area contributed by atoms with Gasteiger partial charge >= 0.3 is 0 Å². The van der Waals surface area contributed by atoms with Gasteiger partial charge in [0.05, 0.1) is 13.2 Å². The van der Waals surface area contributed by atoms with Crippen molar-refractivity contribution in [2.24, 2.45) is 0 Å². The summed E-state index contributed by atoms with van der Waals surface area (Å²) in [7, 11) is 0. The van der Waals surface area contributed by atoms with E-state index in [1.54, 1.807) is 6.07 Å². The molecular weight excluding hydrogens is 344 g/mol. The van der Waals surface area contributed by atoms with Crippen molar-refractivity contribution in [2.45, 2.75) is 25.0 Å². The third kappa shape index (κ3) is 2.96. The van der Waals surface area contributed by atoms with Crippen LogP contribution in [0.25, 0.3) is 0 Å². The monoisotopic (exact) mass is 366 g/mol. The van der Waals surface area contributed by atoms with Crippen molar-refractivity contribution in [1.29, 1.82) is 0 Å². The van der Waals surface area contributed by atoms with Crippen molar-refractivity contribution in [1.82, 2.24) is 9.97 Å². The fraction of sp³-hybridized carbons (Fsp3) is 0.450.